The van der Waals surface area contributed by atoms with E-state index in [0.717, 1.165) is 18.4 Å². The van der Waals surface area contributed by atoms with Gasteiger partial charge in [0.05, 0.1) is 19.3 Å². The van der Waals surface area contributed by atoms with Gasteiger partial charge in [0.1, 0.15) is 6.04 Å². The minimum atomic E-state index is -0.436. The lowest BCUT2D eigenvalue weighted by molar-refractivity contribution is -0.154. The number of benzene rings is 1. The van der Waals surface area contributed by atoms with Gasteiger partial charge in [-0.05, 0) is 31.2 Å². The molecule has 2 saturated heterocycles. The Labute approximate surface area is 124 Å². The maximum atomic E-state index is 12.6. The molecule has 0 radical (unpaired) electrons. The number of nitrogens with one attached hydrogen (secondary N) is 1. The Morgan fingerprint density at radius 2 is 2.10 bits per heavy atom. The number of piperidine rings is 1. The molecule has 2 aliphatic heterocycles. The second-order valence-corrected chi connectivity index (χ2v) is 5.64. The van der Waals surface area contributed by atoms with Crippen molar-refractivity contribution in [2.45, 2.75) is 43.9 Å². The van der Waals surface area contributed by atoms with Crippen molar-refractivity contribution in [1.29, 1.82) is 0 Å². The maximum Gasteiger partial charge on any atom is 0.328 e. The van der Waals surface area contributed by atoms with Gasteiger partial charge >= 0.3 is 5.97 Å². The van der Waals surface area contributed by atoms with Gasteiger partial charge in [-0.25, -0.2) is 4.79 Å². The van der Waals surface area contributed by atoms with Crippen LogP contribution in [0.5, 0.6) is 0 Å². The van der Waals surface area contributed by atoms with Crippen LogP contribution in [0, 0.1) is 0 Å². The molecule has 1 N–H and O–H groups in total. The monoisotopic (exact) mass is 288 g/mol. The van der Waals surface area contributed by atoms with E-state index >= 15 is 0 Å². The van der Waals surface area contributed by atoms with Crippen LogP contribution >= 0.6 is 0 Å². The van der Waals surface area contributed by atoms with Crippen LogP contribution in [0.25, 0.3) is 0 Å². The Morgan fingerprint density at radius 1 is 1.33 bits per heavy atom. The number of amides is 1. The number of hydrogen-bond acceptors (Lipinski definition) is 4. The zero-order chi connectivity index (χ0) is 14.8. The van der Waals surface area contributed by atoms with Gasteiger partial charge in [0.2, 0.25) is 5.91 Å². The molecule has 1 aromatic carbocycles. The quantitative estimate of drug-likeness (QED) is 0.846. The normalized spacial score (nSPS) is 28.3. The summed E-state index contributed by atoms with van der Waals surface area (Å²) in [7, 11) is 1.38. The molecular weight excluding hydrogens is 268 g/mol. The average molecular weight is 288 g/mol. The largest absolute Gasteiger partial charge is 0.467 e. The fourth-order valence-electron chi connectivity index (χ4n) is 3.32. The maximum absolute atomic E-state index is 12.6. The van der Waals surface area contributed by atoms with Crippen LogP contribution in [0.1, 0.15) is 24.8 Å². The Morgan fingerprint density at radius 3 is 2.81 bits per heavy atom. The highest BCUT2D eigenvalue weighted by atomic mass is 16.5. The Balaban J connectivity index is 1.76. The minimum Gasteiger partial charge on any atom is -0.467 e. The van der Waals surface area contributed by atoms with E-state index in [4.69, 9.17) is 4.74 Å². The Hall–Kier alpha value is -1.88. The Kier molecular flexibility index (Phi) is 3.92. The zero-order valence-corrected chi connectivity index (χ0v) is 12.1. The first-order chi connectivity index (χ1) is 10.2. The van der Waals surface area contributed by atoms with Crippen molar-refractivity contribution in [3.8, 4) is 0 Å². The fourth-order valence-corrected chi connectivity index (χ4v) is 3.32. The van der Waals surface area contributed by atoms with Gasteiger partial charge in [0.15, 0.2) is 0 Å². The summed E-state index contributed by atoms with van der Waals surface area (Å²) in [5.41, 5.74) is 1.12. The van der Waals surface area contributed by atoms with E-state index < -0.39 is 6.04 Å². The van der Waals surface area contributed by atoms with Crippen molar-refractivity contribution in [1.82, 2.24) is 10.2 Å². The third-order valence-corrected chi connectivity index (χ3v) is 4.33. The first-order valence-corrected chi connectivity index (χ1v) is 7.40. The SMILES string of the molecule is COC(=O)[C@@H]1CCC[C@H]2N[C@@H](Cc3ccccc3)C(=O)N21. The van der Waals surface area contributed by atoms with Crippen molar-refractivity contribution in [2.24, 2.45) is 0 Å². The molecule has 3 atom stereocenters. The molecule has 0 aliphatic carbocycles. The first-order valence-electron chi connectivity index (χ1n) is 7.40. The highest BCUT2D eigenvalue weighted by molar-refractivity contribution is 5.90. The predicted octanol–water partition coefficient (Wildman–Crippen LogP) is 1.08. The van der Waals surface area contributed by atoms with Crippen LogP contribution in [0.4, 0.5) is 0 Å². The highest BCUT2D eigenvalue weighted by Crippen LogP contribution is 2.28. The number of hydrogen-bond donors (Lipinski definition) is 1. The number of methoxy groups -OCH3 is 1. The van der Waals surface area contributed by atoms with Gasteiger partial charge in [-0.15, -0.1) is 0 Å². The van der Waals surface area contributed by atoms with Crippen LogP contribution < -0.4 is 5.32 Å². The van der Waals surface area contributed by atoms with Crippen LogP contribution in [-0.4, -0.2) is 42.1 Å². The number of carbonyl (C=O) groups excluding carboxylic acids is 2. The van der Waals surface area contributed by atoms with Gasteiger partial charge < -0.3 is 9.64 Å². The molecule has 0 aromatic heterocycles. The molecule has 1 amide bonds. The third-order valence-electron chi connectivity index (χ3n) is 4.33. The number of ether oxygens (including phenoxy) is 1. The molecular formula is C16H20N2O3. The molecule has 21 heavy (non-hydrogen) atoms. The molecule has 112 valence electrons. The molecule has 0 spiro atoms. The summed E-state index contributed by atoms with van der Waals surface area (Å²) < 4.78 is 4.84. The summed E-state index contributed by atoms with van der Waals surface area (Å²) in [6, 6.07) is 9.26. The lowest BCUT2D eigenvalue weighted by Crippen LogP contribution is -2.51. The summed E-state index contributed by atoms with van der Waals surface area (Å²) in [6.45, 7) is 0. The summed E-state index contributed by atoms with van der Waals surface area (Å²) in [4.78, 5) is 26.2. The molecule has 5 heteroatoms. The van der Waals surface area contributed by atoms with E-state index in [1.807, 2.05) is 30.3 Å². The molecule has 0 saturated carbocycles. The van der Waals surface area contributed by atoms with Gasteiger partial charge in [-0.1, -0.05) is 30.3 Å². The molecule has 2 fully saturated rings. The number of esters is 1. The zero-order valence-electron chi connectivity index (χ0n) is 12.1. The summed E-state index contributed by atoms with van der Waals surface area (Å²) in [5.74, 6) is -0.297. The van der Waals surface area contributed by atoms with Gasteiger partial charge in [-0.2, -0.15) is 0 Å². The predicted molar refractivity (Wildman–Crippen MR) is 77.4 cm³/mol. The molecule has 3 rings (SSSR count). The van der Waals surface area contributed by atoms with E-state index in [1.54, 1.807) is 4.90 Å². The van der Waals surface area contributed by atoms with E-state index in [-0.39, 0.29) is 24.1 Å². The van der Waals surface area contributed by atoms with Crippen LogP contribution in [0.2, 0.25) is 0 Å². The fraction of sp³-hybridized carbons (Fsp3) is 0.500. The molecule has 2 heterocycles. The van der Waals surface area contributed by atoms with Crippen molar-refractivity contribution in [3.05, 3.63) is 35.9 Å². The lowest BCUT2D eigenvalue weighted by atomic mass is 10.0. The van der Waals surface area contributed by atoms with Gasteiger partial charge in [0, 0.05) is 0 Å². The molecule has 0 bridgehead atoms. The van der Waals surface area contributed by atoms with Crippen molar-refractivity contribution >= 4 is 11.9 Å². The number of carbonyl (C=O) groups is 2. The second-order valence-electron chi connectivity index (χ2n) is 5.64. The summed E-state index contributed by atoms with van der Waals surface area (Å²) in [6.07, 6.45) is 3.13. The third kappa shape index (κ3) is 2.65. The van der Waals surface area contributed by atoms with Crippen LogP contribution in [0.15, 0.2) is 30.3 Å². The van der Waals surface area contributed by atoms with E-state index in [1.165, 1.54) is 7.11 Å². The molecule has 2 aliphatic rings. The van der Waals surface area contributed by atoms with Crippen LogP contribution in [-0.2, 0) is 20.7 Å². The first kappa shape index (κ1) is 14.1. The second kappa shape index (κ2) is 5.85. The lowest BCUT2D eigenvalue weighted by Gasteiger charge is -2.35. The summed E-state index contributed by atoms with van der Waals surface area (Å²) in [5, 5.41) is 3.37. The van der Waals surface area contributed by atoms with Crippen molar-refractivity contribution in [3.63, 3.8) is 0 Å². The van der Waals surface area contributed by atoms with E-state index in [2.05, 4.69) is 5.32 Å². The topological polar surface area (TPSA) is 58.6 Å². The van der Waals surface area contributed by atoms with Crippen molar-refractivity contribution in [2.75, 3.05) is 7.11 Å². The van der Waals surface area contributed by atoms with E-state index in [9.17, 15) is 9.59 Å². The number of rotatable bonds is 3. The summed E-state index contributed by atoms with van der Waals surface area (Å²) >= 11 is 0. The Bertz CT molecular complexity index is 532. The average Bonchev–Trinajstić information content (AvgIpc) is 2.84. The smallest absolute Gasteiger partial charge is 0.328 e. The number of nitrogens with zero attached hydrogens (tertiary/aromatic N) is 1. The minimum absolute atomic E-state index is 0.0129. The number of fused-ring (bicyclic) bond motifs is 1. The van der Waals surface area contributed by atoms with Crippen molar-refractivity contribution < 1.29 is 14.3 Å². The standard InChI is InChI=1S/C16H20N2O3/c1-21-16(20)13-8-5-9-14-17-12(15(19)18(13)14)10-11-6-3-2-4-7-11/h2-4,6-7,12-14,17H,5,8-10H2,1H3/t12-,13-,14-/m0/s1. The van der Waals surface area contributed by atoms with Gasteiger partial charge in [-0.3, -0.25) is 10.1 Å². The van der Waals surface area contributed by atoms with E-state index in [0.29, 0.717) is 12.8 Å². The molecule has 1 aromatic rings. The van der Waals surface area contributed by atoms with Gasteiger partial charge in [0.25, 0.3) is 0 Å². The molecule has 5 nitrogen and oxygen atoms in total. The van der Waals surface area contributed by atoms with Crippen LogP contribution in [0.3, 0.4) is 0 Å². The molecule has 0 unspecified atom stereocenters. The highest BCUT2D eigenvalue weighted by Gasteiger charge is 2.46.